The molecule has 12 heavy (non-hydrogen) atoms. The second-order valence-corrected chi connectivity index (χ2v) is 2.09. The number of aliphatic imine (C=N–C) groups is 1. The zero-order chi connectivity index (χ0) is 9.56. The Morgan fingerprint density at radius 3 is 2.67 bits per heavy atom. The van der Waals surface area contributed by atoms with Gasteiger partial charge in [0.05, 0.1) is 0 Å². The molecule has 0 aliphatic carbocycles. The van der Waals surface area contributed by atoms with Crippen LogP contribution in [-0.4, -0.2) is 30.5 Å². The highest BCUT2D eigenvalue weighted by Crippen LogP contribution is 2.02. The maximum Gasteiger partial charge on any atom is 0.349 e. The van der Waals surface area contributed by atoms with Gasteiger partial charge in [0, 0.05) is 19.5 Å². The first-order chi connectivity index (χ1) is 5.67. The molecule has 0 saturated carbocycles. The van der Waals surface area contributed by atoms with E-state index in [1.54, 1.807) is 13.8 Å². The third kappa shape index (κ3) is 2.84. The summed E-state index contributed by atoms with van der Waals surface area (Å²) in [4.78, 5) is 16.0. The van der Waals surface area contributed by atoms with Gasteiger partial charge in [-0.2, -0.15) is 0 Å². The van der Waals surface area contributed by atoms with Crippen molar-refractivity contribution < 1.29 is 9.53 Å². The second kappa shape index (κ2) is 5.49. The third-order valence-electron chi connectivity index (χ3n) is 1.39. The van der Waals surface area contributed by atoms with Gasteiger partial charge in [0.25, 0.3) is 0 Å². The summed E-state index contributed by atoms with van der Waals surface area (Å²) in [6, 6.07) is -0.373. The summed E-state index contributed by atoms with van der Waals surface area (Å²) >= 11 is 0. The van der Waals surface area contributed by atoms with Crippen molar-refractivity contribution >= 4 is 12.2 Å². The zero-order valence-corrected chi connectivity index (χ0v) is 7.65. The molecule has 4 heteroatoms. The first-order valence-corrected chi connectivity index (χ1v) is 3.63. The molecule has 4 nitrogen and oxygen atoms in total. The van der Waals surface area contributed by atoms with Gasteiger partial charge in [-0.05, 0) is 13.8 Å². The van der Waals surface area contributed by atoms with E-state index in [2.05, 4.69) is 11.6 Å². The molecule has 2 amide bonds. The summed E-state index contributed by atoms with van der Waals surface area (Å²) in [6.07, 6.45) is 2.49. The van der Waals surface area contributed by atoms with Crippen LogP contribution in [0.25, 0.3) is 0 Å². The monoisotopic (exact) mass is 170 g/mol. The Balaban J connectivity index is 4.33. The average Bonchev–Trinajstić information content (AvgIpc) is 2.06. The van der Waals surface area contributed by atoms with E-state index < -0.39 is 0 Å². The van der Waals surface area contributed by atoms with Crippen LogP contribution in [0.15, 0.2) is 17.8 Å². The Kier molecular flexibility index (Phi) is 4.96. The zero-order valence-electron chi connectivity index (χ0n) is 7.65. The van der Waals surface area contributed by atoms with E-state index in [1.807, 2.05) is 0 Å². The van der Waals surface area contributed by atoms with Gasteiger partial charge in [-0.25, -0.2) is 9.79 Å². The number of methoxy groups -OCH3 is 1. The molecule has 0 bridgehead atoms. The van der Waals surface area contributed by atoms with E-state index in [-0.39, 0.29) is 12.3 Å². The number of hydrogen-bond acceptors (Lipinski definition) is 2. The Morgan fingerprint density at radius 1 is 1.75 bits per heavy atom. The van der Waals surface area contributed by atoms with Gasteiger partial charge in [0.1, 0.15) is 6.23 Å². The minimum Gasteiger partial charge on any atom is -0.361 e. The van der Waals surface area contributed by atoms with Crippen LogP contribution in [0.3, 0.4) is 0 Å². The minimum absolute atomic E-state index is 0.335. The summed E-state index contributed by atoms with van der Waals surface area (Å²) in [5.41, 5.74) is 0. The lowest BCUT2D eigenvalue weighted by Gasteiger charge is -2.21. The topological polar surface area (TPSA) is 41.9 Å². The number of urea groups is 1. The molecule has 0 N–H and O–H groups in total. The number of rotatable bonds is 3. The van der Waals surface area contributed by atoms with E-state index >= 15 is 0 Å². The summed E-state index contributed by atoms with van der Waals surface area (Å²) in [5.74, 6) is 0. The molecular weight excluding hydrogens is 156 g/mol. The number of carbonyl (C=O) groups is 1. The molecule has 0 aliphatic heterocycles. The highest BCUT2D eigenvalue weighted by molar-refractivity contribution is 5.83. The summed E-state index contributed by atoms with van der Waals surface area (Å²) in [6.45, 7) is 6.90. The van der Waals surface area contributed by atoms with Crippen molar-refractivity contribution in [2.75, 3.05) is 7.11 Å². The van der Waals surface area contributed by atoms with Gasteiger partial charge in [-0.3, -0.25) is 4.90 Å². The van der Waals surface area contributed by atoms with E-state index in [1.165, 1.54) is 24.4 Å². The van der Waals surface area contributed by atoms with Crippen molar-refractivity contribution in [2.24, 2.45) is 4.99 Å². The maximum absolute atomic E-state index is 11.2. The second-order valence-electron chi connectivity index (χ2n) is 2.09. The van der Waals surface area contributed by atoms with Crippen LogP contribution < -0.4 is 0 Å². The molecule has 0 aliphatic rings. The number of nitrogens with zero attached hydrogens (tertiary/aromatic N) is 2. The van der Waals surface area contributed by atoms with Gasteiger partial charge < -0.3 is 4.74 Å². The van der Waals surface area contributed by atoms with Crippen LogP contribution in [-0.2, 0) is 4.74 Å². The Bertz CT molecular complexity index is 189. The molecule has 0 radical (unpaired) electrons. The molecule has 68 valence electrons. The first-order valence-electron chi connectivity index (χ1n) is 3.63. The highest BCUT2D eigenvalue weighted by Gasteiger charge is 2.14. The van der Waals surface area contributed by atoms with Crippen molar-refractivity contribution in [3.8, 4) is 0 Å². The molecule has 0 aromatic carbocycles. The van der Waals surface area contributed by atoms with Crippen molar-refractivity contribution in [3.63, 3.8) is 0 Å². The number of carbonyl (C=O) groups excluding carboxylic acids is 1. The van der Waals surface area contributed by atoms with Crippen molar-refractivity contribution in [1.29, 1.82) is 0 Å². The van der Waals surface area contributed by atoms with Crippen LogP contribution >= 0.6 is 0 Å². The van der Waals surface area contributed by atoms with Crippen LogP contribution in [0.4, 0.5) is 4.79 Å². The molecule has 1 atom stereocenters. The Labute approximate surface area is 72.5 Å². The molecule has 0 spiro atoms. The van der Waals surface area contributed by atoms with Gasteiger partial charge in [-0.1, -0.05) is 6.58 Å². The fourth-order valence-corrected chi connectivity index (χ4v) is 0.673. The van der Waals surface area contributed by atoms with Crippen LogP contribution in [0.1, 0.15) is 13.8 Å². The fraction of sp³-hybridized carbons (Fsp3) is 0.500. The van der Waals surface area contributed by atoms with Gasteiger partial charge >= 0.3 is 6.03 Å². The molecule has 0 aromatic rings. The molecule has 0 fully saturated rings. The van der Waals surface area contributed by atoms with E-state index in [4.69, 9.17) is 4.74 Å². The maximum atomic E-state index is 11.2. The smallest absolute Gasteiger partial charge is 0.349 e. The standard InChI is InChI=1S/C8H14N2O2/c1-5-9-8(11)10(6-2)7(3)12-4/h5-7H,2H2,1,3-4H3/b9-5+. The number of amides is 2. The SMILES string of the molecule is C=CN(C(=O)/N=C/C)C(C)OC. The van der Waals surface area contributed by atoms with Crippen LogP contribution in [0, 0.1) is 0 Å². The Morgan fingerprint density at radius 2 is 2.33 bits per heavy atom. The van der Waals surface area contributed by atoms with Gasteiger partial charge in [0.2, 0.25) is 0 Å². The molecule has 0 aromatic heterocycles. The lowest BCUT2D eigenvalue weighted by atomic mass is 10.5. The third-order valence-corrected chi connectivity index (χ3v) is 1.39. The highest BCUT2D eigenvalue weighted by atomic mass is 16.5. The predicted molar refractivity (Wildman–Crippen MR) is 48.1 cm³/mol. The summed E-state index contributed by atoms with van der Waals surface area (Å²) in [7, 11) is 1.52. The molecule has 0 heterocycles. The lowest BCUT2D eigenvalue weighted by molar-refractivity contribution is 0.0319. The molecule has 0 rings (SSSR count). The number of hydrogen-bond donors (Lipinski definition) is 0. The average molecular weight is 170 g/mol. The summed E-state index contributed by atoms with van der Waals surface area (Å²) in [5, 5.41) is 0. The van der Waals surface area contributed by atoms with Gasteiger partial charge in [-0.15, -0.1) is 0 Å². The largest absolute Gasteiger partial charge is 0.361 e. The Hall–Kier alpha value is -1.16. The minimum atomic E-state index is -0.373. The van der Waals surface area contributed by atoms with Crippen molar-refractivity contribution in [1.82, 2.24) is 4.90 Å². The van der Waals surface area contributed by atoms with Crippen molar-refractivity contribution in [2.45, 2.75) is 20.1 Å². The fourth-order valence-electron chi connectivity index (χ4n) is 0.673. The predicted octanol–water partition coefficient (Wildman–Crippen LogP) is 1.64. The van der Waals surface area contributed by atoms with Gasteiger partial charge in [0.15, 0.2) is 0 Å². The molecular formula is C8H14N2O2. The van der Waals surface area contributed by atoms with E-state index in [0.717, 1.165) is 0 Å². The lowest BCUT2D eigenvalue weighted by Crippen LogP contribution is -2.33. The molecule has 0 saturated heterocycles. The molecule has 1 unspecified atom stereocenters. The van der Waals surface area contributed by atoms with Crippen LogP contribution in [0.5, 0.6) is 0 Å². The normalized spacial score (nSPS) is 12.9. The number of ether oxygens (including phenoxy) is 1. The summed E-state index contributed by atoms with van der Waals surface area (Å²) < 4.78 is 4.93. The first kappa shape index (κ1) is 10.8. The quantitative estimate of drug-likeness (QED) is 0.477. The van der Waals surface area contributed by atoms with Crippen molar-refractivity contribution in [3.05, 3.63) is 12.8 Å². The van der Waals surface area contributed by atoms with E-state index in [9.17, 15) is 4.79 Å². The van der Waals surface area contributed by atoms with Crippen LogP contribution in [0.2, 0.25) is 0 Å². The van der Waals surface area contributed by atoms with E-state index in [0.29, 0.717) is 0 Å².